The second kappa shape index (κ2) is 6.70. The van der Waals surface area contributed by atoms with Crippen LogP contribution >= 0.6 is 0 Å². The molecule has 1 aromatic carbocycles. The zero-order chi connectivity index (χ0) is 12.7. The first-order valence-corrected chi connectivity index (χ1v) is 5.39. The molecule has 0 fully saturated rings. The Bertz CT molecular complexity index is 401. The second-order valence-electron chi connectivity index (χ2n) is 3.70. The first-order valence-electron chi connectivity index (χ1n) is 5.39. The third-order valence-electron chi connectivity index (χ3n) is 2.18. The zero-order valence-electron chi connectivity index (χ0n) is 10.0. The van der Waals surface area contributed by atoms with Crippen molar-refractivity contribution >= 4 is 12.0 Å². The summed E-state index contributed by atoms with van der Waals surface area (Å²) in [5.74, 6) is 0.519. The molecule has 1 rings (SSSR count). The quantitative estimate of drug-likeness (QED) is 0.754. The number of ether oxygens (including phenoxy) is 1. The third-order valence-corrected chi connectivity index (χ3v) is 2.18. The van der Waals surface area contributed by atoms with Crippen molar-refractivity contribution in [3.8, 4) is 5.75 Å². The smallest absolute Gasteiger partial charge is 0.244 e. The number of carbonyl (C=O) groups is 1. The molecule has 0 heterocycles. The van der Waals surface area contributed by atoms with Gasteiger partial charge in [0.15, 0.2) is 0 Å². The molecule has 0 radical (unpaired) electrons. The molecule has 4 nitrogen and oxygen atoms in total. The van der Waals surface area contributed by atoms with Crippen LogP contribution in [-0.2, 0) is 4.79 Å². The molecule has 0 aliphatic heterocycles. The molecular weight excluding hydrogens is 218 g/mol. The van der Waals surface area contributed by atoms with E-state index in [9.17, 15) is 4.79 Å². The van der Waals surface area contributed by atoms with Gasteiger partial charge in [-0.2, -0.15) is 0 Å². The Hall–Kier alpha value is -1.81. The van der Waals surface area contributed by atoms with Crippen LogP contribution in [-0.4, -0.2) is 30.8 Å². The van der Waals surface area contributed by atoms with Gasteiger partial charge in [-0.1, -0.05) is 12.1 Å². The summed E-state index contributed by atoms with van der Waals surface area (Å²) in [7, 11) is 1.60. The van der Waals surface area contributed by atoms with Gasteiger partial charge in [-0.25, -0.2) is 0 Å². The summed E-state index contributed by atoms with van der Waals surface area (Å²) in [6.45, 7) is 1.66. The lowest BCUT2D eigenvalue weighted by Gasteiger charge is -2.07. The number of hydrogen-bond donors (Lipinski definition) is 2. The molecular formula is C13H17NO3. The van der Waals surface area contributed by atoms with Crippen LogP contribution < -0.4 is 10.1 Å². The standard InChI is InChI=1S/C13H17NO3/c1-10(9-15)14-13(16)7-6-11-4-3-5-12(8-11)17-2/h3-8,10,15H,9H2,1-2H3,(H,14,16)/b7-6+. The molecule has 0 aromatic heterocycles. The fraction of sp³-hybridized carbons (Fsp3) is 0.308. The average molecular weight is 235 g/mol. The van der Waals surface area contributed by atoms with Crippen molar-refractivity contribution in [3.63, 3.8) is 0 Å². The van der Waals surface area contributed by atoms with Gasteiger partial charge in [-0.05, 0) is 30.7 Å². The second-order valence-corrected chi connectivity index (χ2v) is 3.70. The molecule has 92 valence electrons. The lowest BCUT2D eigenvalue weighted by molar-refractivity contribution is -0.117. The highest BCUT2D eigenvalue weighted by molar-refractivity contribution is 5.91. The maximum Gasteiger partial charge on any atom is 0.244 e. The van der Waals surface area contributed by atoms with Gasteiger partial charge < -0.3 is 15.2 Å². The first kappa shape index (κ1) is 13.3. The minimum absolute atomic E-state index is 0.0707. The van der Waals surface area contributed by atoms with E-state index in [1.165, 1.54) is 6.08 Å². The number of amides is 1. The van der Waals surface area contributed by atoms with Crippen LogP contribution in [0.25, 0.3) is 6.08 Å². The van der Waals surface area contributed by atoms with Crippen LogP contribution in [0.5, 0.6) is 5.75 Å². The number of aliphatic hydroxyl groups is 1. The minimum Gasteiger partial charge on any atom is -0.497 e. The van der Waals surface area contributed by atoms with Crippen molar-refractivity contribution in [1.82, 2.24) is 5.32 Å². The van der Waals surface area contributed by atoms with Crippen LogP contribution in [0.4, 0.5) is 0 Å². The van der Waals surface area contributed by atoms with Crippen molar-refractivity contribution in [2.75, 3.05) is 13.7 Å². The van der Waals surface area contributed by atoms with Gasteiger partial charge >= 0.3 is 0 Å². The third kappa shape index (κ3) is 4.70. The van der Waals surface area contributed by atoms with Crippen LogP contribution in [0.3, 0.4) is 0 Å². The normalized spacial score (nSPS) is 12.4. The summed E-state index contributed by atoms with van der Waals surface area (Å²) in [5.41, 5.74) is 0.885. The predicted octanol–water partition coefficient (Wildman–Crippen LogP) is 1.21. The Kier molecular flexibility index (Phi) is 5.23. The van der Waals surface area contributed by atoms with Crippen LogP contribution in [0.15, 0.2) is 30.3 Å². The molecule has 4 heteroatoms. The van der Waals surface area contributed by atoms with E-state index in [0.717, 1.165) is 11.3 Å². The first-order chi connectivity index (χ1) is 8.15. The molecule has 1 aromatic rings. The van der Waals surface area contributed by atoms with Gasteiger partial charge in [0.05, 0.1) is 13.7 Å². The molecule has 17 heavy (non-hydrogen) atoms. The maximum atomic E-state index is 11.4. The van der Waals surface area contributed by atoms with Gasteiger partial charge in [-0.15, -0.1) is 0 Å². The lowest BCUT2D eigenvalue weighted by Crippen LogP contribution is -2.33. The summed E-state index contributed by atoms with van der Waals surface area (Å²) in [6, 6.07) is 7.16. The molecule has 0 saturated heterocycles. The number of carbonyl (C=O) groups excluding carboxylic acids is 1. The van der Waals surface area contributed by atoms with E-state index in [1.54, 1.807) is 20.1 Å². The molecule has 0 bridgehead atoms. The van der Waals surface area contributed by atoms with Crippen LogP contribution in [0.1, 0.15) is 12.5 Å². The highest BCUT2D eigenvalue weighted by Gasteiger charge is 2.01. The molecule has 1 unspecified atom stereocenters. The molecule has 1 amide bonds. The number of methoxy groups -OCH3 is 1. The van der Waals surface area contributed by atoms with Crippen molar-refractivity contribution in [2.45, 2.75) is 13.0 Å². The number of aliphatic hydroxyl groups excluding tert-OH is 1. The summed E-state index contributed by atoms with van der Waals surface area (Å²) >= 11 is 0. The Balaban J connectivity index is 2.60. The van der Waals surface area contributed by atoms with E-state index in [2.05, 4.69) is 5.32 Å². The van der Waals surface area contributed by atoms with E-state index in [-0.39, 0.29) is 18.6 Å². The number of nitrogens with one attached hydrogen (secondary N) is 1. The SMILES string of the molecule is COc1cccc(/C=C/C(=O)NC(C)CO)c1. The fourth-order valence-corrected chi connectivity index (χ4v) is 1.25. The molecule has 0 aliphatic rings. The monoisotopic (exact) mass is 235 g/mol. The maximum absolute atomic E-state index is 11.4. The van der Waals surface area contributed by atoms with Crippen LogP contribution in [0.2, 0.25) is 0 Å². The van der Waals surface area contributed by atoms with Gasteiger partial charge in [0.1, 0.15) is 5.75 Å². The van der Waals surface area contributed by atoms with Gasteiger partial charge in [0, 0.05) is 12.1 Å². The molecule has 0 spiro atoms. The highest BCUT2D eigenvalue weighted by atomic mass is 16.5. The van der Waals surface area contributed by atoms with E-state index in [4.69, 9.17) is 9.84 Å². The number of rotatable bonds is 5. The van der Waals surface area contributed by atoms with Crippen molar-refractivity contribution in [3.05, 3.63) is 35.9 Å². The van der Waals surface area contributed by atoms with Crippen molar-refractivity contribution < 1.29 is 14.6 Å². The predicted molar refractivity (Wildman–Crippen MR) is 66.7 cm³/mol. The topological polar surface area (TPSA) is 58.6 Å². The van der Waals surface area contributed by atoms with Gasteiger partial charge in [0.25, 0.3) is 0 Å². The molecule has 2 N–H and O–H groups in total. The lowest BCUT2D eigenvalue weighted by atomic mass is 10.2. The van der Waals surface area contributed by atoms with Crippen LogP contribution in [0, 0.1) is 0 Å². The Morgan fingerprint density at radius 3 is 3.00 bits per heavy atom. The minimum atomic E-state index is -0.238. The Labute approximate surface area is 101 Å². The number of benzene rings is 1. The average Bonchev–Trinajstić information content (AvgIpc) is 2.36. The Morgan fingerprint density at radius 1 is 1.59 bits per heavy atom. The van der Waals surface area contributed by atoms with Gasteiger partial charge in [0.2, 0.25) is 5.91 Å². The summed E-state index contributed by atoms with van der Waals surface area (Å²) < 4.78 is 5.08. The van der Waals surface area contributed by atoms with E-state index >= 15 is 0 Å². The zero-order valence-corrected chi connectivity index (χ0v) is 10.0. The summed E-state index contributed by atoms with van der Waals surface area (Å²) in [5, 5.41) is 11.4. The van der Waals surface area contributed by atoms with E-state index in [1.807, 2.05) is 24.3 Å². The molecule has 1 atom stereocenters. The molecule has 0 aliphatic carbocycles. The highest BCUT2D eigenvalue weighted by Crippen LogP contribution is 2.13. The molecule has 0 saturated carbocycles. The largest absolute Gasteiger partial charge is 0.497 e. The summed E-state index contributed by atoms with van der Waals surface area (Å²) in [6.07, 6.45) is 3.13. The fourth-order valence-electron chi connectivity index (χ4n) is 1.25. The van der Waals surface area contributed by atoms with Crippen molar-refractivity contribution in [1.29, 1.82) is 0 Å². The summed E-state index contributed by atoms with van der Waals surface area (Å²) in [4.78, 5) is 11.4. The van der Waals surface area contributed by atoms with E-state index in [0.29, 0.717) is 0 Å². The number of hydrogen-bond acceptors (Lipinski definition) is 3. The van der Waals surface area contributed by atoms with E-state index < -0.39 is 0 Å². The Morgan fingerprint density at radius 2 is 2.35 bits per heavy atom. The van der Waals surface area contributed by atoms with Crippen molar-refractivity contribution in [2.24, 2.45) is 0 Å². The van der Waals surface area contributed by atoms with Gasteiger partial charge in [-0.3, -0.25) is 4.79 Å².